The highest BCUT2D eigenvalue weighted by Gasteiger charge is 2.52. The predicted octanol–water partition coefficient (Wildman–Crippen LogP) is 7.16. The van der Waals surface area contributed by atoms with Crippen LogP contribution in [0.2, 0.25) is 0 Å². The molecule has 3 amide bonds. The summed E-state index contributed by atoms with van der Waals surface area (Å²) < 4.78 is 20.5. The molecule has 12 nitrogen and oxygen atoms in total. The Bertz CT molecular complexity index is 2200. The van der Waals surface area contributed by atoms with Crippen LogP contribution in [0.1, 0.15) is 75.1 Å². The fraction of sp³-hybridized carbons (Fsp3) is 0.395. The summed E-state index contributed by atoms with van der Waals surface area (Å²) in [5.41, 5.74) is 5.25. The highest BCUT2D eigenvalue weighted by atomic mass is 19.1. The number of likely N-dealkylation sites (tertiary alicyclic amines) is 1. The van der Waals surface area contributed by atoms with Gasteiger partial charge in [0.2, 0.25) is 11.8 Å². The number of fused-ring (bicyclic) bond motifs is 2. The zero-order valence-electron chi connectivity index (χ0n) is 31.8. The van der Waals surface area contributed by atoms with E-state index in [1.165, 1.54) is 13.2 Å². The van der Waals surface area contributed by atoms with Crippen LogP contribution in [0.3, 0.4) is 0 Å². The van der Waals surface area contributed by atoms with Crippen molar-refractivity contribution in [3.63, 3.8) is 0 Å². The van der Waals surface area contributed by atoms with Crippen molar-refractivity contribution in [3.8, 4) is 33.6 Å². The van der Waals surface area contributed by atoms with E-state index in [-0.39, 0.29) is 41.4 Å². The molecule has 56 heavy (non-hydrogen) atoms. The van der Waals surface area contributed by atoms with Gasteiger partial charge in [-0.2, -0.15) is 0 Å². The summed E-state index contributed by atoms with van der Waals surface area (Å²) in [5.74, 6) is 1.56. The summed E-state index contributed by atoms with van der Waals surface area (Å²) in [5, 5.41) is 5.82. The van der Waals surface area contributed by atoms with E-state index in [1.807, 2.05) is 62.5 Å². The maximum absolute atomic E-state index is 15.7. The largest absolute Gasteiger partial charge is 0.453 e. The molecule has 5 aromatic rings. The predicted molar refractivity (Wildman–Crippen MR) is 208 cm³/mol. The molecule has 1 aliphatic heterocycles. The Morgan fingerprint density at radius 1 is 0.911 bits per heavy atom. The summed E-state index contributed by atoms with van der Waals surface area (Å²) in [7, 11) is 1.27. The number of hydrogen-bond acceptors (Lipinski definition) is 7. The number of nitrogens with zero attached hydrogens (tertiary/aromatic N) is 4. The van der Waals surface area contributed by atoms with Crippen LogP contribution in [0.4, 0.5) is 9.18 Å². The van der Waals surface area contributed by atoms with Gasteiger partial charge in [-0.25, -0.2) is 19.2 Å². The summed E-state index contributed by atoms with van der Waals surface area (Å²) >= 11 is 0. The second-order valence-electron chi connectivity index (χ2n) is 15.6. The average Bonchev–Trinajstić information content (AvgIpc) is 4.07. The van der Waals surface area contributed by atoms with Crippen LogP contribution in [0, 0.1) is 29.5 Å². The van der Waals surface area contributed by atoms with Gasteiger partial charge < -0.3 is 30.2 Å². The van der Waals surface area contributed by atoms with Crippen LogP contribution >= 0.6 is 0 Å². The minimum atomic E-state index is -0.728. The summed E-state index contributed by atoms with van der Waals surface area (Å²) in [6.07, 6.45) is 11.1. The lowest BCUT2D eigenvalue weighted by Gasteiger charge is -2.30. The molecule has 2 aromatic carbocycles. The number of carbonyl (C=O) groups excluding carboxylic acids is 3. The highest BCUT2D eigenvalue weighted by molar-refractivity contribution is 5.86. The number of imidazole rings is 2. The van der Waals surface area contributed by atoms with E-state index in [0.717, 1.165) is 60.3 Å². The average molecular weight is 759 g/mol. The van der Waals surface area contributed by atoms with Gasteiger partial charge in [-0.05, 0) is 78.7 Å². The fourth-order valence-corrected chi connectivity index (χ4v) is 9.12. The first kappa shape index (κ1) is 37.1. The highest BCUT2D eigenvalue weighted by Crippen LogP contribution is 2.56. The number of H-pyrrole nitrogens is 2. The Kier molecular flexibility index (Phi) is 10.4. The molecule has 290 valence electrons. The van der Waals surface area contributed by atoms with Crippen LogP contribution in [-0.2, 0) is 20.9 Å². The number of pyridine rings is 1. The van der Waals surface area contributed by atoms with Crippen LogP contribution in [0.15, 0.2) is 79.4 Å². The third kappa shape index (κ3) is 7.29. The molecule has 2 bridgehead atoms. The number of rotatable bonds is 11. The summed E-state index contributed by atoms with van der Waals surface area (Å²) in [6.45, 7) is 4.75. The van der Waals surface area contributed by atoms with Gasteiger partial charge in [-0.3, -0.25) is 14.6 Å². The number of halogens is 1. The molecule has 3 aliphatic rings. The second kappa shape index (κ2) is 15.7. The standard InChI is InChI=1S/C43H47FN8O4/c1-24(2)38(51-43(55)56-3)42(54)52-17-5-7-35(52)39-46-23-34(49-39)28-14-15-31(32(44)19-28)26-8-10-27(11-9-26)33-22-47-40(50-33)36-29-12-13-30(18-29)37(36)41(53)48-21-25-6-4-16-45-20-25/h4,6,8-11,14-16,19-20,22-24,29-30,35-38H,5,7,12-13,17-18,21H2,1-3H3,(H,46,49)(H,47,50)(H,48,53)(H,51,55)/t29?,30?,35-,36-,37-,38?/m0/s1. The molecule has 2 saturated carbocycles. The molecule has 4 heterocycles. The Balaban J connectivity index is 0.937. The monoisotopic (exact) mass is 758 g/mol. The van der Waals surface area contributed by atoms with Gasteiger partial charge in [0.1, 0.15) is 23.5 Å². The quantitative estimate of drug-likeness (QED) is 0.111. The molecule has 8 rings (SSSR count). The van der Waals surface area contributed by atoms with Crippen molar-refractivity contribution in [1.29, 1.82) is 0 Å². The van der Waals surface area contributed by atoms with Crippen LogP contribution in [-0.4, -0.2) is 67.4 Å². The Morgan fingerprint density at radius 3 is 2.36 bits per heavy atom. The summed E-state index contributed by atoms with van der Waals surface area (Å²) in [6, 6.07) is 15.7. The number of benzene rings is 2. The molecule has 0 spiro atoms. The lowest BCUT2D eigenvalue weighted by atomic mass is 9.78. The van der Waals surface area contributed by atoms with Crippen molar-refractivity contribution in [2.45, 2.75) is 70.5 Å². The van der Waals surface area contributed by atoms with E-state index in [9.17, 15) is 14.4 Å². The molecule has 3 fully saturated rings. The smallest absolute Gasteiger partial charge is 0.407 e. The van der Waals surface area contributed by atoms with Crippen LogP contribution in [0.5, 0.6) is 0 Å². The number of ether oxygens (including phenoxy) is 1. The SMILES string of the molecule is COC(=O)NC(C(=O)N1CCC[C@H]1c1ncc(-c2ccc(-c3ccc(-c4cnc([C@H]5C6CCC(C6)[C@@H]5C(=O)NCc5cccnc5)[nH]4)cc3)c(F)c2)[nH]1)C(C)C. The fourth-order valence-electron chi connectivity index (χ4n) is 9.12. The van der Waals surface area contributed by atoms with Crippen molar-refractivity contribution in [2.75, 3.05) is 13.7 Å². The molecular formula is C43H47FN8O4. The maximum atomic E-state index is 15.7. The first-order chi connectivity index (χ1) is 27.2. The van der Waals surface area contributed by atoms with E-state index in [2.05, 4.69) is 30.6 Å². The Labute approximate surface area is 325 Å². The summed E-state index contributed by atoms with van der Waals surface area (Å²) in [4.78, 5) is 61.1. The van der Waals surface area contributed by atoms with Crippen LogP contribution in [0.25, 0.3) is 33.6 Å². The first-order valence-corrected chi connectivity index (χ1v) is 19.5. The number of alkyl carbamates (subject to hydrolysis) is 1. The lowest BCUT2D eigenvalue weighted by Crippen LogP contribution is -2.51. The molecule has 3 unspecified atom stereocenters. The molecule has 2 aliphatic carbocycles. The van der Waals surface area contributed by atoms with Gasteiger partial charge in [-0.15, -0.1) is 0 Å². The second-order valence-corrected chi connectivity index (χ2v) is 15.6. The molecule has 0 radical (unpaired) electrons. The van der Waals surface area contributed by atoms with Crippen molar-refractivity contribution in [2.24, 2.45) is 23.7 Å². The van der Waals surface area contributed by atoms with Crippen LogP contribution < -0.4 is 10.6 Å². The topological polar surface area (TPSA) is 158 Å². The molecule has 1 saturated heterocycles. The third-order valence-electron chi connectivity index (χ3n) is 11.9. The van der Waals surface area contributed by atoms with Gasteiger partial charge >= 0.3 is 6.09 Å². The third-order valence-corrected chi connectivity index (χ3v) is 11.9. The van der Waals surface area contributed by atoms with E-state index in [4.69, 9.17) is 9.72 Å². The minimum absolute atomic E-state index is 0.0430. The Hall–Kier alpha value is -5.85. The molecule has 3 aromatic heterocycles. The van der Waals surface area contributed by atoms with Gasteiger partial charge in [0.05, 0.1) is 42.9 Å². The number of methoxy groups -OCH3 is 1. The van der Waals surface area contributed by atoms with Gasteiger partial charge in [0.15, 0.2) is 0 Å². The van der Waals surface area contributed by atoms with E-state index < -0.39 is 12.1 Å². The lowest BCUT2D eigenvalue weighted by molar-refractivity contribution is -0.135. The van der Waals surface area contributed by atoms with E-state index in [0.29, 0.717) is 47.6 Å². The molecular weight excluding hydrogens is 712 g/mol. The van der Waals surface area contributed by atoms with Crippen molar-refractivity contribution < 1.29 is 23.5 Å². The number of nitrogens with one attached hydrogen (secondary N) is 4. The Morgan fingerprint density at radius 2 is 1.62 bits per heavy atom. The van der Waals surface area contributed by atoms with E-state index in [1.54, 1.807) is 29.6 Å². The minimum Gasteiger partial charge on any atom is -0.453 e. The van der Waals surface area contributed by atoms with Crippen molar-refractivity contribution in [1.82, 2.24) is 40.5 Å². The number of aromatic amines is 2. The van der Waals surface area contributed by atoms with Gasteiger partial charge in [0, 0.05) is 42.5 Å². The number of aromatic nitrogens is 5. The van der Waals surface area contributed by atoms with E-state index >= 15 is 4.39 Å². The van der Waals surface area contributed by atoms with Crippen molar-refractivity contribution in [3.05, 3.63) is 102 Å². The van der Waals surface area contributed by atoms with Gasteiger partial charge in [0.25, 0.3) is 0 Å². The van der Waals surface area contributed by atoms with Crippen molar-refractivity contribution >= 4 is 17.9 Å². The molecule has 4 N–H and O–H groups in total. The zero-order chi connectivity index (χ0) is 38.9. The number of amides is 3. The zero-order valence-corrected chi connectivity index (χ0v) is 31.8. The molecule has 6 atom stereocenters. The number of hydrogen-bond donors (Lipinski definition) is 4. The first-order valence-electron chi connectivity index (χ1n) is 19.5. The normalized spacial score (nSPS) is 22.0. The van der Waals surface area contributed by atoms with Gasteiger partial charge in [-0.1, -0.05) is 56.3 Å². The maximum Gasteiger partial charge on any atom is 0.407 e. The number of carbonyl (C=O) groups is 3. The molecule has 13 heteroatoms.